The molecule has 1 fully saturated rings. The third kappa shape index (κ3) is 3.65. The smallest absolute Gasteiger partial charge is 0.309 e. The van der Waals surface area contributed by atoms with E-state index in [0.717, 1.165) is 32.5 Å². The van der Waals surface area contributed by atoms with Crippen molar-refractivity contribution in [1.29, 1.82) is 0 Å². The number of aliphatic carboxylic acids is 1. The number of carboxylic acid groups (broad SMARTS) is 1. The first-order valence-corrected chi connectivity index (χ1v) is 7.82. The van der Waals surface area contributed by atoms with Crippen LogP contribution in [-0.2, 0) is 11.3 Å². The normalized spacial score (nSPS) is 20.5. The molecule has 1 atom stereocenters. The van der Waals surface area contributed by atoms with Crippen LogP contribution in [0.15, 0.2) is 18.2 Å². The third-order valence-electron chi connectivity index (χ3n) is 5.05. The van der Waals surface area contributed by atoms with E-state index in [9.17, 15) is 9.90 Å². The van der Waals surface area contributed by atoms with Gasteiger partial charge in [-0.25, -0.2) is 0 Å². The zero-order valence-electron chi connectivity index (χ0n) is 13.6. The standard InChI is InChI=1S/C18H27NO2/c1-13-7-8-15(10-14(13)2)11-19-9-5-6-16(12-19)18(3,4)17(20)21/h7-8,10,16H,5-6,9,11-12H2,1-4H3,(H,20,21). The molecule has 1 aromatic rings. The Morgan fingerprint density at radius 1 is 1.33 bits per heavy atom. The monoisotopic (exact) mass is 289 g/mol. The second-order valence-electron chi connectivity index (χ2n) is 7.02. The first-order valence-electron chi connectivity index (χ1n) is 7.82. The van der Waals surface area contributed by atoms with Gasteiger partial charge in [0.25, 0.3) is 0 Å². The zero-order chi connectivity index (χ0) is 15.6. The van der Waals surface area contributed by atoms with Gasteiger partial charge in [-0.2, -0.15) is 0 Å². The molecule has 1 saturated heterocycles. The van der Waals surface area contributed by atoms with Crippen molar-refractivity contribution in [3.8, 4) is 0 Å². The summed E-state index contributed by atoms with van der Waals surface area (Å²) in [5.41, 5.74) is 3.34. The van der Waals surface area contributed by atoms with Crippen molar-refractivity contribution in [3.05, 3.63) is 34.9 Å². The quantitative estimate of drug-likeness (QED) is 0.920. The summed E-state index contributed by atoms with van der Waals surface area (Å²) in [7, 11) is 0. The van der Waals surface area contributed by atoms with Crippen LogP contribution in [0.2, 0.25) is 0 Å². The molecular weight excluding hydrogens is 262 g/mol. The molecule has 21 heavy (non-hydrogen) atoms. The summed E-state index contributed by atoms with van der Waals surface area (Å²) < 4.78 is 0. The number of aryl methyl sites for hydroxylation is 2. The Morgan fingerprint density at radius 3 is 2.67 bits per heavy atom. The van der Waals surface area contributed by atoms with Crippen molar-refractivity contribution >= 4 is 5.97 Å². The highest BCUT2D eigenvalue weighted by Gasteiger charge is 2.38. The van der Waals surface area contributed by atoms with Crippen molar-refractivity contribution < 1.29 is 9.90 Å². The van der Waals surface area contributed by atoms with Gasteiger partial charge in [0.15, 0.2) is 0 Å². The molecule has 1 unspecified atom stereocenters. The summed E-state index contributed by atoms with van der Waals surface area (Å²) in [5.74, 6) is -0.448. The molecule has 0 bridgehead atoms. The van der Waals surface area contributed by atoms with Crippen LogP contribution in [0.4, 0.5) is 0 Å². The molecule has 0 radical (unpaired) electrons. The summed E-state index contributed by atoms with van der Waals surface area (Å²) in [4.78, 5) is 13.9. The molecule has 2 rings (SSSR count). The zero-order valence-corrected chi connectivity index (χ0v) is 13.6. The fraction of sp³-hybridized carbons (Fsp3) is 0.611. The first-order chi connectivity index (χ1) is 9.80. The lowest BCUT2D eigenvalue weighted by atomic mass is 9.74. The van der Waals surface area contributed by atoms with Gasteiger partial charge in [0.05, 0.1) is 5.41 Å². The number of carboxylic acids is 1. The van der Waals surface area contributed by atoms with E-state index >= 15 is 0 Å². The van der Waals surface area contributed by atoms with Crippen LogP contribution in [0, 0.1) is 25.2 Å². The van der Waals surface area contributed by atoms with E-state index in [1.54, 1.807) is 0 Å². The number of hydrogen-bond donors (Lipinski definition) is 1. The highest BCUT2D eigenvalue weighted by atomic mass is 16.4. The summed E-state index contributed by atoms with van der Waals surface area (Å²) >= 11 is 0. The van der Waals surface area contributed by atoms with E-state index in [4.69, 9.17) is 0 Å². The molecule has 3 nitrogen and oxygen atoms in total. The average molecular weight is 289 g/mol. The molecule has 0 saturated carbocycles. The lowest BCUT2D eigenvalue weighted by Crippen LogP contribution is -2.44. The minimum atomic E-state index is -0.680. The molecule has 1 N–H and O–H groups in total. The van der Waals surface area contributed by atoms with E-state index in [2.05, 4.69) is 36.9 Å². The van der Waals surface area contributed by atoms with Gasteiger partial charge < -0.3 is 5.11 Å². The Hall–Kier alpha value is -1.35. The molecule has 3 heteroatoms. The Morgan fingerprint density at radius 2 is 2.05 bits per heavy atom. The molecule has 0 aromatic heterocycles. The van der Waals surface area contributed by atoms with Crippen LogP contribution in [0.1, 0.15) is 43.4 Å². The number of hydrogen-bond acceptors (Lipinski definition) is 2. The van der Waals surface area contributed by atoms with E-state index in [-0.39, 0.29) is 5.92 Å². The van der Waals surface area contributed by atoms with Gasteiger partial charge in [-0.15, -0.1) is 0 Å². The third-order valence-corrected chi connectivity index (χ3v) is 5.05. The van der Waals surface area contributed by atoms with E-state index in [0.29, 0.717) is 0 Å². The maximum atomic E-state index is 11.4. The van der Waals surface area contributed by atoms with Gasteiger partial charge >= 0.3 is 5.97 Å². The molecular formula is C18H27NO2. The van der Waals surface area contributed by atoms with Crippen molar-refractivity contribution in [3.63, 3.8) is 0 Å². The largest absolute Gasteiger partial charge is 0.481 e. The van der Waals surface area contributed by atoms with Crippen molar-refractivity contribution in [2.45, 2.75) is 47.1 Å². The molecule has 1 heterocycles. The van der Waals surface area contributed by atoms with Crippen LogP contribution in [0.5, 0.6) is 0 Å². The van der Waals surface area contributed by atoms with Gasteiger partial charge in [-0.05, 0) is 69.7 Å². The van der Waals surface area contributed by atoms with Crippen LogP contribution in [0.25, 0.3) is 0 Å². The fourth-order valence-corrected chi connectivity index (χ4v) is 3.12. The minimum Gasteiger partial charge on any atom is -0.481 e. The first kappa shape index (κ1) is 16.0. The average Bonchev–Trinajstić information content (AvgIpc) is 2.43. The van der Waals surface area contributed by atoms with Crippen LogP contribution >= 0.6 is 0 Å². The van der Waals surface area contributed by atoms with Gasteiger partial charge in [0.1, 0.15) is 0 Å². The van der Waals surface area contributed by atoms with Crippen LogP contribution < -0.4 is 0 Å². The number of rotatable bonds is 4. The highest BCUT2D eigenvalue weighted by molar-refractivity contribution is 5.74. The predicted octanol–water partition coefficient (Wildman–Crippen LogP) is 3.63. The maximum Gasteiger partial charge on any atom is 0.309 e. The van der Waals surface area contributed by atoms with Crippen LogP contribution in [-0.4, -0.2) is 29.1 Å². The highest BCUT2D eigenvalue weighted by Crippen LogP contribution is 2.34. The number of likely N-dealkylation sites (tertiary alicyclic amines) is 1. The molecule has 116 valence electrons. The summed E-state index contributed by atoms with van der Waals surface area (Å²) in [6.07, 6.45) is 2.11. The predicted molar refractivity (Wildman–Crippen MR) is 85.3 cm³/mol. The number of carbonyl (C=O) groups is 1. The Labute approximate surface area is 128 Å². The molecule has 0 amide bonds. The Kier molecular flexibility index (Phi) is 4.72. The summed E-state index contributed by atoms with van der Waals surface area (Å²) in [6.45, 7) is 10.9. The van der Waals surface area contributed by atoms with Gasteiger partial charge in [-0.1, -0.05) is 18.2 Å². The molecule has 1 aliphatic heterocycles. The van der Waals surface area contributed by atoms with Crippen molar-refractivity contribution in [2.24, 2.45) is 11.3 Å². The van der Waals surface area contributed by atoms with E-state index < -0.39 is 11.4 Å². The molecule has 1 aromatic carbocycles. The van der Waals surface area contributed by atoms with Crippen LogP contribution in [0.3, 0.4) is 0 Å². The Bertz CT molecular complexity index is 522. The van der Waals surface area contributed by atoms with Gasteiger partial charge in [0, 0.05) is 13.1 Å². The number of benzene rings is 1. The summed E-state index contributed by atoms with van der Waals surface area (Å²) in [6, 6.07) is 6.61. The van der Waals surface area contributed by atoms with E-state index in [1.165, 1.54) is 16.7 Å². The lowest BCUT2D eigenvalue weighted by molar-refractivity contribution is -0.151. The second-order valence-corrected chi connectivity index (χ2v) is 7.02. The molecule has 1 aliphatic rings. The number of nitrogens with zero attached hydrogens (tertiary/aromatic N) is 1. The molecule has 0 aliphatic carbocycles. The lowest BCUT2D eigenvalue weighted by Gasteiger charge is -2.39. The number of piperidine rings is 1. The second kappa shape index (κ2) is 6.18. The van der Waals surface area contributed by atoms with Crippen molar-refractivity contribution in [2.75, 3.05) is 13.1 Å². The fourth-order valence-electron chi connectivity index (χ4n) is 3.12. The van der Waals surface area contributed by atoms with Gasteiger partial charge in [-0.3, -0.25) is 9.69 Å². The maximum absolute atomic E-state index is 11.4. The minimum absolute atomic E-state index is 0.232. The molecule has 0 spiro atoms. The Balaban J connectivity index is 2.04. The van der Waals surface area contributed by atoms with Gasteiger partial charge in [0.2, 0.25) is 0 Å². The topological polar surface area (TPSA) is 40.5 Å². The van der Waals surface area contributed by atoms with E-state index in [1.807, 2.05) is 13.8 Å². The van der Waals surface area contributed by atoms with Crippen molar-refractivity contribution in [1.82, 2.24) is 4.90 Å². The SMILES string of the molecule is Cc1ccc(CN2CCCC(C(C)(C)C(=O)O)C2)cc1C. The summed E-state index contributed by atoms with van der Waals surface area (Å²) in [5, 5.41) is 9.42.